The van der Waals surface area contributed by atoms with Crippen LogP contribution < -0.4 is 0 Å². The van der Waals surface area contributed by atoms with Crippen molar-refractivity contribution in [2.45, 2.75) is 5.41 Å². The van der Waals surface area contributed by atoms with Crippen LogP contribution in [0.4, 0.5) is 0 Å². The van der Waals surface area contributed by atoms with Crippen LogP contribution in [0.25, 0.3) is 66.6 Å². The summed E-state index contributed by atoms with van der Waals surface area (Å²) in [6.45, 7) is 0. The topological polar surface area (TPSA) is 51.8 Å². The molecule has 0 unspecified atom stereocenters. The summed E-state index contributed by atoms with van der Waals surface area (Å²) in [6, 6.07) is 57.1. The molecule has 7 aromatic carbocycles. The minimum Gasteiger partial charge on any atom is -0.456 e. The van der Waals surface area contributed by atoms with Crippen LogP contribution in [0.15, 0.2) is 168 Å². The standard InChI is InChI=1S/C44H27N3O/c1-2-15-31(16-3-1)44(36-21-9-6-17-32(36)33-18-7-10-22-37(33)44)43-46-41(30-26-25-28-13-4-5-14-29(28)27-30)45-42(47-43)35-20-12-24-39-40(35)34-19-8-11-23-38(34)48-39/h1-27H. The quantitative estimate of drug-likeness (QED) is 0.198. The SMILES string of the molecule is c1ccc(C2(c3nc(-c4ccc5ccccc5c4)nc(-c4cccc5oc6ccccc6c45)n3)c3ccccc3-c3ccccc32)cc1. The van der Waals surface area contributed by atoms with Crippen LogP contribution in [0.2, 0.25) is 0 Å². The van der Waals surface area contributed by atoms with Crippen LogP contribution >= 0.6 is 0 Å². The van der Waals surface area contributed by atoms with Gasteiger partial charge in [0.25, 0.3) is 0 Å². The molecule has 0 saturated carbocycles. The second-order valence-corrected chi connectivity index (χ2v) is 12.4. The van der Waals surface area contributed by atoms with Gasteiger partial charge in [0.2, 0.25) is 0 Å². The summed E-state index contributed by atoms with van der Waals surface area (Å²) >= 11 is 0. The summed E-state index contributed by atoms with van der Waals surface area (Å²) < 4.78 is 6.32. The van der Waals surface area contributed by atoms with Crippen LogP contribution in [0.3, 0.4) is 0 Å². The number of rotatable bonds is 4. The van der Waals surface area contributed by atoms with Gasteiger partial charge in [0.05, 0.1) is 0 Å². The van der Waals surface area contributed by atoms with Crippen molar-refractivity contribution in [3.8, 4) is 33.9 Å². The lowest BCUT2D eigenvalue weighted by Gasteiger charge is -2.32. The first kappa shape index (κ1) is 26.8. The second-order valence-electron chi connectivity index (χ2n) is 12.4. The molecular weight excluding hydrogens is 587 g/mol. The highest BCUT2D eigenvalue weighted by Crippen LogP contribution is 2.55. The molecule has 1 aliphatic rings. The minimum atomic E-state index is -0.774. The maximum absolute atomic E-state index is 6.32. The Labute approximate surface area is 277 Å². The summed E-state index contributed by atoms with van der Waals surface area (Å²) in [7, 11) is 0. The summed E-state index contributed by atoms with van der Waals surface area (Å²) in [6.07, 6.45) is 0. The predicted octanol–water partition coefficient (Wildman–Crippen LogP) is 10.6. The number of fused-ring (bicyclic) bond motifs is 7. The molecule has 2 aromatic heterocycles. The molecule has 0 amide bonds. The van der Waals surface area contributed by atoms with Crippen LogP contribution in [0.1, 0.15) is 22.5 Å². The molecule has 0 spiro atoms. The van der Waals surface area contributed by atoms with Gasteiger partial charge in [-0.2, -0.15) is 0 Å². The Bertz CT molecular complexity index is 2650. The Morgan fingerprint density at radius 2 is 1.06 bits per heavy atom. The number of para-hydroxylation sites is 1. The Balaban J connectivity index is 1.35. The van der Waals surface area contributed by atoms with Crippen LogP contribution in [0.5, 0.6) is 0 Å². The molecule has 48 heavy (non-hydrogen) atoms. The first-order chi connectivity index (χ1) is 23.8. The largest absolute Gasteiger partial charge is 0.456 e. The van der Waals surface area contributed by atoms with Gasteiger partial charge in [-0.3, -0.25) is 0 Å². The minimum absolute atomic E-state index is 0.609. The Kier molecular flexibility index (Phi) is 5.75. The Morgan fingerprint density at radius 1 is 0.438 bits per heavy atom. The third-order valence-corrected chi connectivity index (χ3v) is 9.78. The van der Waals surface area contributed by atoms with Crippen LogP contribution in [-0.2, 0) is 5.41 Å². The number of aromatic nitrogens is 3. The molecule has 0 atom stereocenters. The van der Waals surface area contributed by atoms with E-state index in [1.54, 1.807) is 0 Å². The van der Waals surface area contributed by atoms with Gasteiger partial charge in [-0.1, -0.05) is 146 Å². The fraction of sp³-hybridized carbons (Fsp3) is 0.0227. The van der Waals surface area contributed by atoms with Crippen molar-refractivity contribution >= 4 is 32.7 Å². The van der Waals surface area contributed by atoms with E-state index in [1.807, 2.05) is 30.3 Å². The van der Waals surface area contributed by atoms with Gasteiger partial charge in [-0.15, -0.1) is 0 Å². The van der Waals surface area contributed by atoms with E-state index in [0.717, 1.165) is 55.1 Å². The summed E-state index contributed by atoms with van der Waals surface area (Å²) in [5.41, 5.74) is 8.51. The first-order valence-electron chi connectivity index (χ1n) is 16.2. The van der Waals surface area contributed by atoms with E-state index in [0.29, 0.717) is 17.5 Å². The Morgan fingerprint density at radius 3 is 1.88 bits per heavy atom. The highest BCUT2D eigenvalue weighted by atomic mass is 16.3. The van der Waals surface area contributed by atoms with E-state index < -0.39 is 5.41 Å². The maximum Gasteiger partial charge on any atom is 0.164 e. The average Bonchev–Trinajstić information content (AvgIpc) is 3.69. The van der Waals surface area contributed by atoms with Crippen molar-refractivity contribution in [1.82, 2.24) is 15.0 Å². The number of hydrogen-bond donors (Lipinski definition) is 0. The summed E-state index contributed by atoms with van der Waals surface area (Å²) in [5, 5.41) is 4.34. The second kappa shape index (κ2) is 10.3. The number of benzene rings is 7. The predicted molar refractivity (Wildman–Crippen MR) is 193 cm³/mol. The van der Waals surface area contributed by atoms with Crippen molar-refractivity contribution < 1.29 is 4.42 Å². The van der Waals surface area contributed by atoms with Gasteiger partial charge in [0, 0.05) is 21.9 Å². The van der Waals surface area contributed by atoms with E-state index in [1.165, 1.54) is 16.5 Å². The maximum atomic E-state index is 6.32. The van der Waals surface area contributed by atoms with Crippen molar-refractivity contribution in [2.75, 3.05) is 0 Å². The molecule has 9 aromatic rings. The fourth-order valence-corrected chi connectivity index (χ4v) is 7.69. The lowest BCUT2D eigenvalue weighted by Crippen LogP contribution is -2.31. The lowest BCUT2D eigenvalue weighted by molar-refractivity contribution is 0.669. The molecule has 0 aliphatic heterocycles. The monoisotopic (exact) mass is 613 g/mol. The smallest absolute Gasteiger partial charge is 0.164 e. The molecule has 2 heterocycles. The van der Waals surface area contributed by atoms with Crippen molar-refractivity contribution in [3.63, 3.8) is 0 Å². The van der Waals surface area contributed by atoms with Gasteiger partial charge in [0.15, 0.2) is 17.5 Å². The zero-order valence-corrected chi connectivity index (χ0v) is 25.8. The average molecular weight is 614 g/mol. The van der Waals surface area contributed by atoms with Crippen molar-refractivity contribution in [1.29, 1.82) is 0 Å². The number of hydrogen-bond acceptors (Lipinski definition) is 4. The van der Waals surface area contributed by atoms with E-state index in [2.05, 4.69) is 133 Å². The highest BCUT2D eigenvalue weighted by Gasteiger charge is 2.48. The molecule has 0 saturated heterocycles. The van der Waals surface area contributed by atoms with E-state index in [9.17, 15) is 0 Å². The molecule has 4 nitrogen and oxygen atoms in total. The molecule has 10 rings (SSSR count). The number of furan rings is 1. The first-order valence-corrected chi connectivity index (χ1v) is 16.2. The molecule has 0 fully saturated rings. The zero-order valence-electron chi connectivity index (χ0n) is 25.8. The van der Waals surface area contributed by atoms with Gasteiger partial charge in [-0.05, 0) is 56.8 Å². The lowest BCUT2D eigenvalue weighted by atomic mass is 9.71. The van der Waals surface area contributed by atoms with E-state index in [-0.39, 0.29) is 0 Å². The van der Waals surface area contributed by atoms with Crippen LogP contribution in [0, 0.1) is 0 Å². The van der Waals surface area contributed by atoms with Gasteiger partial charge in [0.1, 0.15) is 16.6 Å². The zero-order chi connectivity index (χ0) is 31.7. The fourth-order valence-electron chi connectivity index (χ4n) is 7.69. The third kappa shape index (κ3) is 3.80. The number of nitrogens with zero attached hydrogens (tertiary/aromatic N) is 3. The van der Waals surface area contributed by atoms with Crippen molar-refractivity contribution in [3.05, 3.63) is 186 Å². The molecule has 224 valence electrons. The van der Waals surface area contributed by atoms with Gasteiger partial charge < -0.3 is 4.42 Å². The Hall–Kier alpha value is -6.39. The third-order valence-electron chi connectivity index (χ3n) is 9.78. The van der Waals surface area contributed by atoms with Crippen molar-refractivity contribution in [2.24, 2.45) is 0 Å². The highest BCUT2D eigenvalue weighted by molar-refractivity contribution is 6.11. The molecule has 1 aliphatic carbocycles. The molecule has 0 bridgehead atoms. The van der Waals surface area contributed by atoms with Gasteiger partial charge in [-0.25, -0.2) is 15.0 Å². The molecular formula is C44H27N3O. The summed E-state index contributed by atoms with van der Waals surface area (Å²) in [4.78, 5) is 16.2. The van der Waals surface area contributed by atoms with E-state index in [4.69, 9.17) is 19.4 Å². The van der Waals surface area contributed by atoms with E-state index >= 15 is 0 Å². The van der Waals surface area contributed by atoms with Crippen LogP contribution in [-0.4, -0.2) is 15.0 Å². The van der Waals surface area contributed by atoms with Gasteiger partial charge >= 0.3 is 0 Å². The molecule has 4 heteroatoms. The summed E-state index contributed by atoms with van der Waals surface area (Å²) in [5.74, 6) is 1.92. The molecule has 0 N–H and O–H groups in total. The normalized spacial score (nSPS) is 13.2. The molecule has 0 radical (unpaired) electrons.